The maximum absolute atomic E-state index is 13.1. The van der Waals surface area contributed by atoms with Gasteiger partial charge >= 0.3 is 5.69 Å². The summed E-state index contributed by atoms with van der Waals surface area (Å²) in [5.74, 6) is -1.10. The molecule has 0 bridgehead atoms. The van der Waals surface area contributed by atoms with Crippen LogP contribution in [-0.2, 0) is 10.0 Å². The van der Waals surface area contributed by atoms with Gasteiger partial charge in [0.05, 0.1) is 22.0 Å². The molecule has 1 aromatic rings. The van der Waals surface area contributed by atoms with E-state index in [1.54, 1.807) is 0 Å². The van der Waals surface area contributed by atoms with Crippen LogP contribution in [0.25, 0.3) is 0 Å². The smallest absolute Gasteiger partial charge is 0.306 e. The lowest BCUT2D eigenvalue weighted by atomic mass is 10.3. The monoisotopic (exact) mass is 290 g/mol. The van der Waals surface area contributed by atoms with E-state index in [2.05, 4.69) is 4.72 Å². The zero-order valence-electron chi connectivity index (χ0n) is 9.67. The van der Waals surface area contributed by atoms with Crippen molar-refractivity contribution in [2.75, 3.05) is 6.61 Å². The second-order valence-electron chi connectivity index (χ2n) is 4.41. The van der Waals surface area contributed by atoms with Gasteiger partial charge in [0.1, 0.15) is 0 Å². The third kappa shape index (κ3) is 2.72. The van der Waals surface area contributed by atoms with Gasteiger partial charge in [-0.05, 0) is 25.0 Å². The normalized spacial score (nSPS) is 17.2. The third-order valence-electron chi connectivity index (χ3n) is 2.93. The molecular formula is C10H11FN2O5S. The van der Waals surface area contributed by atoms with Gasteiger partial charge in [-0.15, -0.1) is 0 Å². The molecule has 104 valence electrons. The van der Waals surface area contributed by atoms with Gasteiger partial charge in [0.2, 0.25) is 15.8 Å². The van der Waals surface area contributed by atoms with Gasteiger partial charge in [0, 0.05) is 6.07 Å². The Labute approximate surface area is 108 Å². The maximum Gasteiger partial charge on any atom is 0.306 e. The molecule has 2 N–H and O–H groups in total. The van der Waals surface area contributed by atoms with E-state index in [4.69, 9.17) is 5.11 Å². The Morgan fingerprint density at radius 3 is 2.58 bits per heavy atom. The summed E-state index contributed by atoms with van der Waals surface area (Å²) in [6.45, 7) is -0.352. The van der Waals surface area contributed by atoms with E-state index in [1.165, 1.54) is 0 Å². The van der Waals surface area contributed by atoms with E-state index in [0.717, 1.165) is 12.1 Å². The minimum atomic E-state index is -4.02. The van der Waals surface area contributed by atoms with Crippen molar-refractivity contribution in [1.82, 2.24) is 4.72 Å². The Kier molecular flexibility index (Phi) is 3.29. The number of nitro benzene ring substituents is 1. The van der Waals surface area contributed by atoms with Crippen molar-refractivity contribution >= 4 is 15.7 Å². The largest absolute Gasteiger partial charge is 0.394 e. The summed E-state index contributed by atoms with van der Waals surface area (Å²) in [5, 5.41) is 19.6. The van der Waals surface area contributed by atoms with Gasteiger partial charge in [-0.2, -0.15) is 4.39 Å². The summed E-state index contributed by atoms with van der Waals surface area (Å²) in [7, 11) is -4.02. The average molecular weight is 290 g/mol. The molecule has 0 atom stereocenters. The number of nitrogens with one attached hydrogen (secondary N) is 1. The molecule has 7 nitrogen and oxygen atoms in total. The molecule has 1 aromatic carbocycles. The van der Waals surface area contributed by atoms with Gasteiger partial charge in [-0.1, -0.05) is 0 Å². The highest BCUT2D eigenvalue weighted by molar-refractivity contribution is 7.89. The number of aliphatic hydroxyl groups excluding tert-OH is 1. The van der Waals surface area contributed by atoms with Crippen LogP contribution in [0.5, 0.6) is 0 Å². The molecule has 0 amide bonds. The van der Waals surface area contributed by atoms with Gasteiger partial charge in [0.25, 0.3) is 0 Å². The van der Waals surface area contributed by atoms with Crippen LogP contribution in [0.4, 0.5) is 10.1 Å². The number of halogens is 1. The van der Waals surface area contributed by atoms with E-state index in [1.807, 2.05) is 0 Å². The third-order valence-corrected chi connectivity index (χ3v) is 4.51. The zero-order chi connectivity index (χ0) is 14.3. The lowest BCUT2D eigenvalue weighted by molar-refractivity contribution is -0.387. The average Bonchev–Trinajstić information content (AvgIpc) is 3.08. The Hall–Kier alpha value is -1.58. The van der Waals surface area contributed by atoms with E-state index in [0.29, 0.717) is 18.9 Å². The molecule has 1 fully saturated rings. The van der Waals surface area contributed by atoms with Crippen LogP contribution in [0.3, 0.4) is 0 Å². The molecule has 0 spiro atoms. The number of aliphatic hydroxyl groups is 1. The first-order chi connectivity index (χ1) is 8.80. The molecule has 0 heterocycles. The van der Waals surface area contributed by atoms with Crippen molar-refractivity contribution in [2.24, 2.45) is 0 Å². The number of nitrogens with zero attached hydrogens (tertiary/aromatic N) is 1. The number of nitro groups is 1. The predicted octanol–water partition coefficient (Wildman–Crippen LogP) is 0.537. The molecule has 1 saturated carbocycles. The summed E-state index contributed by atoms with van der Waals surface area (Å²) in [6.07, 6.45) is 0.984. The van der Waals surface area contributed by atoms with E-state index >= 15 is 0 Å². The molecule has 0 saturated heterocycles. The molecule has 1 aliphatic carbocycles. The summed E-state index contributed by atoms with van der Waals surface area (Å²) in [6, 6.07) is 2.33. The van der Waals surface area contributed by atoms with Crippen LogP contribution < -0.4 is 4.72 Å². The predicted molar refractivity (Wildman–Crippen MR) is 62.4 cm³/mol. The number of hydrogen-bond donors (Lipinski definition) is 2. The molecule has 0 radical (unpaired) electrons. The number of benzene rings is 1. The number of sulfonamides is 1. The molecule has 0 unspecified atom stereocenters. The van der Waals surface area contributed by atoms with Crippen LogP contribution in [0, 0.1) is 15.9 Å². The van der Waals surface area contributed by atoms with Crippen LogP contribution in [0.1, 0.15) is 12.8 Å². The fourth-order valence-corrected chi connectivity index (χ4v) is 3.06. The maximum atomic E-state index is 13.1. The van der Waals surface area contributed by atoms with Gasteiger partial charge < -0.3 is 5.11 Å². The van der Waals surface area contributed by atoms with E-state index in [9.17, 15) is 22.9 Å². The first-order valence-corrected chi connectivity index (χ1v) is 6.87. The lowest BCUT2D eigenvalue weighted by Gasteiger charge is -2.14. The molecule has 2 rings (SSSR count). The standard InChI is InChI=1S/C10H11FN2O5S/c11-8-2-1-7(5-9(8)13(15)16)19(17,18)12-10(6-14)3-4-10/h1-2,5,12,14H,3-4,6H2. The fourth-order valence-electron chi connectivity index (χ4n) is 1.59. The Morgan fingerprint density at radius 1 is 1.47 bits per heavy atom. The Morgan fingerprint density at radius 2 is 2.11 bits per heavy atom. The van der Waals surface area contributed by atoms with Gasteiger partial charge in [0.15, 0.2) is 0 Å². The summed E-state index contributed by atoms with van der Waals surface area (Å²) < 4.78 is 39.3. The van der Waals surface area contributed by atoms with Crippen molar-refractivity contribution in [3.63, 3.8) is 0 Å². The summed E-state index contributed by atoms with van der Waals surface area (Å²) in [5.41, 5.74) is -1.79. The molecular weight excluding hydrogens is 279 g/mol. The molecule has 1 aliphatic rings. The van der Waals surface area contributed by atoms with Crippen molar-refractivity contribution in [3.05, 3.63) is 34.1 Å². The zero-order valence-corrected chi connectivity index (χ0v) is 10.5. The number of hydrogen-bond acceptors (Lipinski definition) is 5. The summed E-state index contributed by atoms with van der Waals surface area (Å²) in [4.78, 5) is 9.17. The van der Waals surface area contributed by atoms with Crippen LogP contribution in [0.15, 0.2) is 23.1 Å². The van der Waals surface area contributed by atoms with Crippen molar-refractivity contribution < 1.29 is 22.8 Å². The quantitative estimate of drug-likeness (QED) is 0.607. The first kappa shape index (κ1) is 13.8. The SMILES string of the molecule is O=[N+]([O-])c1cc(S(=O)(=O)NC2(CO)CC2)ccc1F. The second-order valence-corrected chi connectivity index (χ2v) is 6.10. The molecule has 9 heteroatoms. The van der Waals surface area contributed by atoms with Crippen LogP contribution in [0.2, 0.25) is 0 Å². The Bertz CT molecular complexity index is 627. The molecule has 0 aliphatic heterocycles. The van der Waals surface area contributed by atoms with Crippen LogP contribution in [-0.4, -0.2) is 30.6 Å². The van der Waals surface area contributed by atoms with Crippen LogP contribution >= 0.6 is 0 Å². The van der Waals surface area contributed by atoms with Gasteiger partial charge in [-0.25, -0.2) is 13.1 Å². The fraction of sp³-hybridized carbons (Fsp3) is 0.400. The lowest BCUT2D eigenvalue weighted by Crippen LogP contribution is -2.39. The minimum absolute atomic E-state index is 0.352. The highest BCUT2D eigenvalue weighted by Crippen LogP contribution is 2.36. The minimum Gasteiger partial charge on any atom is -0.394 e. The summed E-state index contributed by atoms with van der Waals surface area (Å²) >= 11 is 0. The van der Waals surface area contributed by atoms with E-state index < -0.39 is 36.9 Å². The second kappa shape index (κ2) is 4.51. The first-order valence-electron chi connectivity index (χ1n) is 5.38. The van der Waals surface area contributed by atoms with Crippen molar-refractivity contribution in [2.45, 2.75) is 23.3 Å². The molecule has 0 aromatic heterocycles. The number of rotatable bonds is 5. The highest BCUT2D eigenvalue weighted by atomic mass is 32.2. The molecule has 19 heavy (non-hydrogen) atoms. The van der Waals surface area contributed by atoms with E-state index in [-0.39, 0.29) is 6.61 Å². The van der Waals surface area contributed by atoms with Crippen molar-refractivity contribution in [3.8, 4) is 0 Å². The van der Waals surface area contributed by atoms with Gasteiger partial charge in [-0.3, -0.25) is 10.1 Å². The Balaban J connectivity index is 2.36. The highest BCUT2D eigenvalue weighted by Gasteiger charge is 2.45. The topological polar surface area (TPSA) is 110 Å². The van der Waals surface area contributed by atoms with Crippen molar-refractivity contribution in [1.29, 1.82) is 0 Å².